The molecule has 0 radical (unpaired) electrons. The molecule has 6 heteroatoms. The number of nitrogens with one attached hydrogen (secondary N) is 1. The average molecular weight is 415 g/mol. The van der Waals surface area contributed by atoms with Crippen LogP contribution in [0, 0.1) is 0 Å². The predicted octanol–water partition coefficient (Wildman–Crippen LogP) is 4.36. The van der Waals surface area contributed by atoms with Crippen molar-refractivity contribution in [3.05, 3.63) is 95.1 Å². The van der Waals surface area contributed by atoms with E-state index in [9.17, 15) is 14.4 Å². The van der Waals surface area contributed by atoms with Gasteiger partial charge in [-0.15, -0.1) is 0 Å². The van der Waals surface area contributed by atoms with Crippen LogP contribution in [-0.2, 0) is 16.1 Å². The Hall–Kier alpha value is -3.93. The molecule has 1 aliphatic rings. The molecule has 0 spiro atoms. The van der Waals surface area contributed by atoms with Crippen molar-refractivity contribution in [2.24, 2.45) is 0 Å². The summed E-state index contributed by atoms with van der Waals surface area (Å²) in [5, 5.41) is 2.76. The van der Waals surface area contributed by atoms with E-state index in [1.165, 1.54) is 0 Å². The lowest BCUT2D eigenvalue weighted by Gasteiger charge is -2.08. The minimum atomic E-state index is -0.574. The second kappa shape index (κ2) is 8.83. The zero-order chi connectivity index (χ0) is 21.8. The molecule has 1 heterocycles. The number of ether oxygens (including phenoxy) is 2. The molecule has 1 aliphatic heterocycles. The van der Waals surface area contributed by atoms with Gasteiger partial charge in [-0.05, 0) is 60.5 Å². The molecule has 31 heavy (non-hydrogen) atoms. The summed E-state index contributed by atoms with van der Waals surface area (Å²) in [6.07, 6.45) is 0. The predicted molar refractivity (Wildman–Crippen MR) is 115 cm³/mol. The summed E-state index contributed by atoms with van der Waals surface area (Å²) in [5.74, 6) is -0.533. The zero-order valence-corrected chi connectivity index (χ0v) is 17.0. The van der Waals surface area contributed by atoms with Gasteiger partial charge < -0.3 is 14.8 Å². The molecule has 0 saturated heterocycles. The molecule has 3 aromatic rings. The van der Waals surface area contributed by atoms with E-state index in [-0.39, 0.29) is 24.2 Å². The van der Waals surface area contributed by atoms with Gasteiger partial charge in [-0.2, -0.15) is 0 Å². The van der Waals surface area contributed by atoms with E-state index >= 15 is 0 Å². The number of hydrogen-bond donors (Lipinski definition) is 1. The summed E-state index contributed by atoms with van der Waals surface area (Å²) >= 11 is 0. The lowest BCUT2D eigenvalue weighted by atomic mass is 9.99. The number of fused-ring (bicyclic) bond motifs is 1. The second-order valence-corrected chi connectivity index (χ2v) is 7.31. The van der Waals surface area contributed by atoms with E-state index in [2.05, 4.69) is 5.32 Å². The van der Waals surface area contributed by atoms with Gasteiger partial charge in [-0.1, -0.05) is 30.3 Å². The van der Waals surface area contributed by atoms with Gasteiger partial charge in [0.15, 0.2) is 12.4 Å². The molecule has 0 fully saturated rings. The van der Waals surface area contributed by atoms with Crippen LogP contribution >= 0.6 is 0 Å². The summed E-state index contributed by atoms with van der Waals surface area (Å²) < 4.78 is 10.9. The van der Waals surface area contributed by atoms with E-state index in [1.807, 2.05) is 30.3 Å². The number of Topliss-reactive ketones (excluding diaryl/α,β-unsaturated/α-hetero) is 1. The minimum absolute atomic E-state index is 0.0938. The van der Waals surface area contributed by atoms with Crippen LogP contribution < -0.4 is 10.1 Å². The largest absolute Gasteiger partial charge is 0.489 e. The molecule has 0 saturated carbocycles. The van der Waals surface area contributed by atoms with Gasteiger partial charge in [0.2, 0.25) is 5.91 Å². The van der Waals surface area contributed by atoms with Crippen LogP contribution in [0.4, 0.5) is 5.69 Å². The summed E-state index contributed by atoms with van der Waals surface area (Å²) in [4.78, 5) is 36.5. The van der Waals surface area contributed by atoms with Crippen molar-refractivity contribution >= 4 is 23.3 Å². The topological polar surface area (TPSA) is 81.7 Å². The number of ketones is 1. The first kappa shape index (κ1) is 20.3. The molecule has 0 unspecified atom stereocenters. The molecule has 6 nitrogen and oxygen atoms in total. The third kappa shape index (κ3) is 4.64. The zero-order valence-electron chi connectivity index (χ0n) is 17.0. The normalized spacial score (nSPS) is 14.5. The second-order valence-electron chi connectivity index (χ2n) is 7.31. The highest BCUT2D eigenvalue weighted by atomic mass is 16.5. The molecule has 0 aromatic heterocycles. The fourth-order valence-electron chi connectivity index (χ4n) is 3.31. The summed E-state index contributed by atoms with van der Waals surface area (Å²) in [7, 11) is 0. The number of amides is 1. The lowest BCUT2D eigenvalue weighted by molar-refractivity contribution is -0.116. The van der Waals surface area contributed by atoms with Gasteiger partial charge in [0.1, 0.15) is 12.4 Å². The number of carbonyl (C=O) groups excluding carboxylic acids is 3. The average Bonchev–Trinajstić information content (AvgIpc) is 3.09. The Labute approximate surface area is 179 Å². The highest BCUT2D eigenvalue weighted by Gasteiger charge is 2.27. The van der Waals surface area contributed by atoms with Gasteiger partial charge >= 0.3 is 5.97 Å². The van der Waals surface area contributed by atoms with Crippen molar-refractivity contribution in [3.63, 3.8) is 0 Å². The number of rotatable bonds is 7. The molecule has 0 aliphatic carbocycles. The van der Waals surface area contributed by atoms with Crippen molar-refractivity contribution in [1.29, 1.82) is 0 Å². The van der Waals surface area contributed by atoms with E-state index in [0.29, 0.717) is 23.4 Å². The van der Waals surface area contributed by atoms with Crippen LogP contribution in [0.5, 0.6) is 5.75 Å². The first-order chi connectivity index (χ1) is 15.0. The number of benzene rings is 3. The van der Waals surface area contributed by atoms with Crippen LogP contribution in [0.2, 0.25) is 0 Å². The van der Waals surface area contributed by atoms with Crippen LogP contribution in [0.15, 0.2) is 72.8 Å². The Morgan fingerprint density at radius 2 is 1.65 bits per heavy atom. The van der Waals surface area contributed by atoms with Crippen LogP contribution in [0.1, 0.15) is 44.7 Å². The minimum Gasteiger partial charge on any atom is -0.489 e. The maximum atomic E-state index is 12.4. The van der Waals surface area contributed by atoms with Crippen molar-refractivity contribution < 1.29 is 23.9 Å². The Balaban J connectivity index is 1.31. The number of esters is 1. The monoisotopic (exact) mass is 415 g/mol. The molecule has 3 aromatic carbocycles. The van der Waals surface area contributed by atoms with Gasteiger partial charge in [0, 0.05) is 11.3 Å². The van der Waals surface area contributed by atoms with Crippen molar-refractivity contribution in [2.45, 2.75) is 19.4 Å². The number of para-hydroxylation sites is 1. The standard InChI is InChI=1S/C25H21NO5/c1-16-21-13-19(11-12-22(21)26-24(16)28)23(27)15-31-25(29)18-9-7-17(8-10-18)14-30-20-5-3-2-4-6-20/h2-13,16H,14-15H2,1H3,(H,26,28)/t16-/m0/s1. The SMILES string of the molecule is C[C@@H]1C(=O)Nc2ccc(C(=O)COC(=O)c3ccc(COc4ccccc4)cc3)cc21. The molecule has 1 amide bonds. The van der Waals surface area contributed by atoms with Gasteiger partial charge in [-0.3, -0.25) is 9.59 Å². The van der Waals surface area contributed by atoms with Gasteiger partial charge in [0.05, 0.1) is 11.5 Å². The van der Waals surface area contributed by atoms with Gasteiger partial charge in [-0.25, -0.2) is 4.79 Å². The Morgan fingerprint density at radius 1 is 0.935 bits per heavy atom. The van der Waals surface area contributed by atoms with E-state index in [0.717, 1.165) is 16.9 Å². The highest BCUT2D eigenvalue weighted by molar-refractivity contribution is 6.05. The highest BCUT2D eigenvalue weighted by Crippen LogP contribution is 2.32. The number of hydrogen-bond acceptors (Lipinski definition) is 5. The van der Waals surface area contributed by atoms with Crippen molar-refractivity contribution in [3.8, 4) is 5.75 Å². The Morgan fingerprint density at radius 3 is 2.39 bits per heavy atom. The summed E-state index contributed by atoms with van der Waals surface area (Å²) in [6.45, 7) is 1.79. The molecular weight excluding hydrogens is 394 g/mol. The molecule has 1 atom stereocenters. The Bertz CT molecular complexity index is 1120. The maximum absolute atomic E-state index is 12.4. The molecular formula is C25H21NO5. The molecule has 4 rings (SSSR count). The van der Waals surface area contributed by atoms with Crippen LogP contribution in [0.25, 0.3) is 0 Å². The van der Waals surface area contributed by atoms with E-state index < -0.39 is 5.97 Å². The molecule has 156 valence electrons. The van der Waals surface area contributed by atoms with Crippen molar-refractivity contribution in [1.82, 2.24) is 0 Å². The molecule has 1 N–H and O–H groups in total. The quantitative estimate of drug-likeness (QED) is 0.458. The van der Waals surface area contributed by atoms with Crippen LogP contribution in [-0.4, -0.2) is 24.3 Å². The smallest absolute Gasteiger partial charge is 0.338 e. The Kier molecular flexibility index (Phi) is 5.80. The number of anilines is 1. The van der Waals surface area contributed by atoms with Crippen molar-refractivity contribution in [2.75, 3.05) is 11.9 Å². The van der Waals surface area contributed by atoms with Gasteiger partial charge in [0.25, 0.3) is 0 Å². The third-order valence-corrected chi connectivity index (χ3v) is 5.16. The lowest BCUT2D eigenvalue weighted by Crippen LogP contribution is -2.14. The fraction of sp³-hybridized carbons (Fsp3) is 0.160. The summed E-state index contributed by atoms with van der Waals surface area (Å²) in [5.41, 5.74) is 3.15. The summed E-state index contributed by atoms with van der Waals surface area (Å²) in [6, 6.07) is 21.3. The first-order valence-corrected chi connectivity index (χ1v) is 9.93. The number of carbonyl (C=O) groups is 3. The maximum Gasteiger partial charge on any atom is 0.338 e. The third-order valence-electron chi connectivity index (χ3n) is 5.16. The van der Waals surface area contributed by atoms with E-state index in [1.54, 1.807) is 49.4 Å². The fourth-order valence-corrected chi connectivity index (χ4v) is 3.31. The van der Waals surface area contributed by atoms with E-state index in [4.69, 9.17) is 9.47 Å². The molecule has 0 bridgehead atoms. The first-order valence-electron chi connectivity index (χ1n) is 9.93. The van der Waals surface area contributed by atoms with Crippen LogP contribution in [0.3, 0.4) is 0 Å².